The van der Waals surface area contributed by atoms with Crippen molar-refractivity contribution in [3.05, 3.63) is 24.7 Å². The van der Waals surface area contributed by atoms with Crippen LogP contribution in [-0.2, 0) is 0 Å². The van der Waals surface area contributed by atoms with E-state index in [1.54, 1.807) is 0 Å². The summed E-state index contributed by atoms with van der Waals surface area (Å²) < 4.78 is 0. The van der Waals surface area contributed by atoms with E-state index < -0.39 is 0 Å². The van der Waals surface area contributed by atoms with E-state index in [0.29, 0.717) is 6.04 Å². The summed E-state index contributed by atoms with van der Waals surface area (Å²) in [5.74, 6) is 1.95. The topological polar surface area (TPSA) is 40.7 Å². The van der Waals surface area contributed by atoms with Crippen LogP contribution in [0.15, 0.2) is 24.7 Å². The van der Waals surface area contributed by atoms with Gasteiger partial charge in [0.1, 0.15) is 0 Å². The van der Waals surface area contributed by atoms with Crippen LogP contribution in [0.5, 0.6) is 0 Å². The van der Waals surface area contributed by atoms with Crippen molar-refractivity contribution < 1.29 is 0 Å². The summed E-state index contributed by atoms with van der Waals surface area (Å²) in [6.07, 6.45) is 13.0. The SMILES string of the molecule is c1cc2[nH]cc(NC3CC4CCC(C4)C3)c2cn1. The Bertz CT molecular complexity index is 548. The van der Waals surface area contributed by atoms with Crippen molar-refractivity contribution in [2.24, 2.45) is 11.8 Å². The van der Waals surface area contributed by atoms with E-state index in [4.69, 9.17) is 0 Å². The molecule has 94 valence electrons. The summed E-state index contributed by atoms with van der Waals surface area (Å²) in [6, 6.07) is 2.70. The van der Waals surface area contributed by atoms with Crippen LogP contribution >= 0.6 is 0 Å². The standard InChI is InChI=1S/C15H19N3/c1-2-11-5-10(1)6-12(7-11)18-15-9-17-14-3-4-16-8-13(14)15/h3-4,8-12,17-18H,1-2,5-7H2. The van der Waals surface area contributed by atoms with Gasteiger partial charge in [-0.25, -0.2) is 0 Å². The Morgan fingerprint density at radius 1 is 1.17 bits per heavy atom. The largest absolute Gasteiger partial charge is 0.381 e. The zero-order valence-electron chi connectivity index (χ0n) is 10.5. The molecule has 0 aromatic carbocycles. The number of hydrogen-bond donors (Lipinski definition) is 2. The molecule has 2 saturated carbocycles. The van der Waals surface area contributed by atoms with E-state index in [1.165, 1.54) is 48.7 Å². The molecule has 2 fully saturated rings. The quantitative estimate of drug-likeness (QED) is 0.844. The fourth-order valence-electron chi connectivity index (χ4n) is 3.93. The zero-order valence-corrected chi connectivity index (χ0v) is 10.5. The van der Waals surface area contributed by atoms with Crippen LogP contribution in [0, 0.1) is 11.8 Å². The van der Waals surface area contributed by atoms with Crippen molar-refractivity contribution in [3.8, 4) is 0 Å². The number of hydrogen-bond acceptors (Lipinski definition) is 2. The summed E-state index contributed by atoms with van der Waals surface area (Å²) in [4.78, 5) is 7.53. The first-order valence-electron chi connectivity index (χ1n) is 7.06. The van der Waals surface area contributed by atoms with Gasteiger partial charge in [0.2, 0.25) is 0 Å². The Morgan fingerprint density at radius 2 is 2.00 bits per heavy atom. The molecular formula is C15H19N3. The van der Waals surface area contributed by atoms with Crippen LogP contribution in [0.25, 0.3) is 10.9 Å². The lowest BCUT2D eigenvalue weighted by molar-refractivity contribution is 0.334. The molecule has 3 heteroatoms. The average molecular weight is 241 g/mol. The Balaban J connectivity index is 1.57. The summed E-state index contributed by atoms with van der Waals surface area (Å²) in [7, 11) is 0. The normalized spacial score (nSPS) is 30.8. The third kappa shape index (κ3) is 1.69. The van der Waals surface area contributed by atoms with Crippen LogP contribution in [0.1, 0.15) is 32.1 Å². The lowest BCUT2D eigenvalue weighted by atomic mass is 9.85. The molecule has 0 spiro atoms. The molecular weight excluding hydrogens is 222 g/mol. The maximum Gasteiger partial charge on any atom is 0.0615 e. The van der Waals surface area contributed by atoms with E-state index in [1.807, 2.05) is 18.5 Å². The number of fused-ring (bicyclic) bond motifs is 3. The van der Waals surface area contributed by atoms with Crippen molar-refractivity contribution in [2.45, 2.75) is 38.1 Å². The lowest BCUT2D eigenvalue weighted by Crippen LogP contribution is -2.27. The van der Waals surface area contributed by atoms with Crippen molar-refractivity contribution in [1.29, 1.82) is 0 Å². The van der Waals surface area contributed by atoms with E-state index in [0.717, 1.165) is 11.8 Å². The molecule has 3 nitrogen and oxygen atoms in total. The van der Waals surface area contributed by atoms with Gasteiger partial charge in [-0.15, -0.1) is 0 Å². The van der Waals surface area contributed by atoms with Gasteiger partial charge in [-0.1, -0.05) is 12.8 Å². The second-order valence-corrected chi connectivity index (χ2v) is 5.98. The van der Waals surface area contributed by atoms with Crippen molar-refractivity contribution >= 4 is 16.6 Å². The monoisotopic (exact) mass is 241 g/mol. The molecule has 2 bridgehead atoms. The first-order valence-corrected chi connectivity index (χ1v) is 7.06. The summed E-state index contributed by atoms with van der Waals surface area (Å²) in [5.41, 5.74) is 2.40. The van der Waals surface area contributed by atoms with E-state index >= 15 is 0 Å². The zero-order chi connectivity index (χ0) is 11.9. The van der Waals surface area contributed by atoms with E-state index in [2.05, 4.69) is 21.5 Å². The van der Waals surface area contributed by atoms with E-state index in [-0.39, 0.29) is 0 Å². The van der Waals surface area contributed by atoms with Gasteiger partial charge in [0.05, 0.1) is 11.2 Å². The van der Waals surface area contributed by atoms with Crippen LogP contribution in [-0.4, -0.2) is 16.0 Å². The van der Waals surface area contributed by atoms with Gasteiger partial charge in [-0.05, 0) is 37.2 Å². The van der Waals surface area contributed by atoms with Gasteiger partial charge in [-0.2, -0.15) is 0 Å². The molecule has 2 aromatic heterocycles. The maximum atomic E-state index is 4.22. The van der Waals surface area contributed by atoms with Gasteiger partial charge in [-0.3, -0.25) is 4.98 Å². The minimum atomic E-state index is 0.662. The van der Waals surface area contributed by atoms with Crippen molar-refractivity contribution in [1.82, 2.24) is 9.97 Å². The highest BCUT2D eigenvalue weighted by molar-refractivity contribution is 5.91. The third-order valence-electron chi connectivity index (χ3n) is 4.73. The predicted octanol–water partition coefficient (Wildman–Crippen LogP) is 3.55. The van der Waals surface area contributed by atoms with Crippen LogP contribution < -0.4 is 5.32 Å². The van der Waals surface area contributed by atoms with Crippen molar-refractivity contribution in [3.63, 3.8) is 0 Å². The summed E-state index contributed by atoms with van der Waals surface area (Å²) in [5, 5.41) is 4.95. The maximum absolute atomic E-state index is 4.22. The number of anilines is 1. The van der Waals surface area contributed by atoms with Gasteiger partial charge in [0, 0.05) is 30.0 Å². The fraction of sp³-hybridized carbons (Fsp3) is 0.533. The number of nitrogens with one attached hydrogen (secondary N) is 2. The van der Waals surface area contributed by atoms with Gasteiger partial charge >= 0.3 is 0 Å². The highest BCUT2D eigenvalue weighted by atomic mass is 15.0. The van der Waals surface area contributed by atoms with Gasteiger partial charge < -0.3 is 10.3 Å². The average Bonchev–Trinajstić information content (AvgIpc) is 2.94. The number of aromatic amines is 1. The molecule has 0 radical (unpaired) electrons. The smallest absolute Gasteiger partial charge is 0.0615 e. The predicted molar refractivity (Wildman–Crippen MR) is 73.6 cm³/mol. The molecule has 4 rings (SSSR count). The van der Waals surface area contributed by atoms with Gasteiger partial charge in [0.25, 0.3) is 0 Å². The molecule has 0 saturated heterocycles. The Morgan fingerprint density at radius 3 is 2.83 bits per heavy atom. The minimum Gasteiger partial charge on any atom is -0.381 e. The molecule has 2 atom stereocenters. The number of pyridine rings is 1. The highest BCUT2D eigenvalue weighted by Crippen LogP contribution is 2.43. The molecule has 2 aromatic rings. The van der Waals surface area contributed by atoms with E-state index in [9.17, 15) is 0 Å². The molecule has 2 heterocycles. The Hall–Kier alpha value is -1.51. The van der Waals surface area contributed by atoms with Crippen LogP contribution in [0.2, 0.25) is 0 Å². The number of rotatable bonds is 2. The number of aromatic nitrogens is 2. The second-order valence-electron chi connectivity index (χ2n) is 5.98. The molecule has 0 amide bonds. The fourth-order valence-corrected chi connectivity index (χ4v) is 3.93. The molecule has 2 aliphatic rings. The number of H-pyrrole nitrogens is 1. The minimum absolute atomic E-state index is 0.662. The van der Waals surface area contributed by atoms with Crippen LogP contribution in [0.4, 0.5) is 5.69 Å². The first kappa shape index (κ1) is 10.4. The Kier molecular flexibility index (Phi) is 2.32. The van der Waals surface area contributed by atoms with Crippen molar-refractivity contribution in [2.75, 3.05) is 5.32 Å². The first-order chi connectivity index (χ1) is 8.88. The second kappa shape index (κ2) is 4.01. The molecule has 2 aliphatic carbocycles. The lowest BCUT2D eigenvalue weighted by Gasteiger charge is -2.28. The third-order valence-corrected chi connectivity index (χ3v) is 4.73. The van der Waals surface area contributed by atoms with Crippen LogP contribution in [0.3, 0.4) is 0 Å². The Labute approximate surface area is 107 Å². The molecule has 2 unspecified atom stereocenters. The van der Waals surface area contributed by atoms with Gasteiger partial charge in [0.15, 0.2) is 0 Å². The molecule has 2 N–H and O–H groups in total. The summed E-state index contributed by atoms with van der Waals surface area (Å²) in [6.45, 7) is 0. The summed E-state index contributed by atoms with van der Waals surface area (Å²) >= 11 is 0. The highest BCUT2D eigenvalue weighted by Gasteiger charge is 2.34. The molecule has 0 aliphatic heterocycles. The number of nitrogens with zero attached hydrogens (tertiary/aromatic N) is 1. The molecule has 18 heavy (non-hydrogen) atoms.